The molecule has 0 bridgehead atoms. The van der Waals surface area contributed by atoms with E-state index in [1.54, 1.807) is 0 Å². The van der Waals surface area contributed by atoms with Gasteiger partial charge in [-0.25, -0.2) is 0 Å². The fraction of sp³-hybridized carbons (Fsp3) is 1.00. The van der Waals surface area contributed by atoms with Gasteiger partial charge in [-0.3, -0.25) is 0 Å². The molecular formula is C10H24N2. The smallest absolute Gasteiger partial charge is 0.0220 e. The third kappa shape index (κ3) is 5.56. The van der Waals surface area contributed by atoms with Crippen LogP contribution in [0.15, 0.2) is 0 Å². The van der Waals surface area contributed by atoms with E-state index in [2.05, 4.69) is 52.0 Å². The van der Waals surface area contributed by atoms with Crippen LogP contribution >= 0.6 is 0 Å². The Morgan fingerprint density at radius 1 is 1.08 bits per heavy atom. The number of hydrogen-bond acceptors (Lipinski definition) is 2. The molecule has 0 aliphatic heterocycles. The van der Waals surface area contributed by atoms with Crippen LogP contribution in [0.1, 0.15) is 27.7 Å². The van der Waals surface area contributed by atoms with Crippen molar-refractivity contribution in [2.75, 3.05) is 20.6 Å². The lowest BCUT2D eigenvalue weighted by atomic mass is 10.0. The van der Waals surface area contributed by atoms with E-state index in [4.69, 9.17) is 0 Å². The van der Waals surface area contributed by atoms with Gasteiger partial charge in [-0.2, -0.15) is 0 Å². The molecule has 0 spiro atoms. The van der Waals surface area contributed by atoms with Gasteiger partial charge in [0.2, 0.25) is 0 Å². The van der Waals surface area contributed by atoms with Crippen LogP contribution in [0.5, 0.6) is 0 Å². The van der Waals surface area contributed by atoms with Gasteiger partial charge in [-0.05, 0) is 20.0 Å². The first kappa shape index (κ1) is 11.9. The molecule has 1 unspecified atom stereocenters. The second-order valence-corrected chi connectivity index (χ2v) is 4.43. The summed E-state index contributed by atoms with van der Waals surface area (Å²) in [4.78, 5) is 2.24. The van der Waals surface area contributed by atoms with E-state index in [0.717, 1.165) is 6.54 Å². The number of likely N-dealkylation sites (N-methyl/N-ethyl adjacent to an activating group) is 1. The lowest BCUT2D eigenvalue weighted by molar-refractivity contribution is 0.277. The lowest BCUT2D eigenvalue weighted by Gasteiger charge is -2.27. The summed E-state index contributed by atoms with van der Waals surface area (Å²) in [5, 5.41) is 3.57. The summed E-state index contributed by atoms with van der Waals surface area (Å²) in [6.45, 7) is 10.1. The van der Waals surface area contributed by atoms with Crippen molar-refractivity contribution < 1.29 is 0 Å². The summed E-state index contributed by atoms with van der Waals surface area (Å²) in [7, 11) is 4.24. The monoisotopic (exact) mass is 172 g/mol. The Hall–Kier alpha value is -0.0800. The van der Waals surface area contributed by atoms with Crippen molar-refractivity contribution in [3.8, 4) is 0 Å². The van der Waals surface area contributed by atoms with Crippen LogP contribution in [0, 0.1) is 5.92 Å². The van der Waals surface area contributed by atoms with Crippen LogP contribution in [-0.4, -0.2) is 37.6 Å². The molecule has 0 rings (SSSR count). The number of nitrogens with zero attached hydrogens (tertiary/aromatic N) is 1. The topological polar surface area (TPSA) is 15.3 Å². The third-order valence-electron chi connectivity index (χ3n) is 1.91. The molecule has 0 saturated carbocycles. The van der Waals surface area contributed by atoms with E-state index in [0.29, 0.717) is 18.0 Å². The van der Waals surface area contributed by atoms with E-state index in [-0.39, 0.29) is 0 Å². The van der Waals surface area contributed by atoms with Crippen molar-refractivity contribution >= 4 is 0 Å². The first-order chi connectivity index (χ1) is 5.43. The van der Waals surface area contributed by atoms with E-state index in [1.807, 2.05) is 0 Å². The zero-order valence-electron chi connectivity index (χ0n) is 9.39. The molecule has 0 amide bonds. The van der Waals surface area contributed by atoms with Gasteiger partial charge in [0.1, 0.15) is 0 Å². The van der Waals surface area contributed by atoms with Gasteiger partial charge in [-0.15, -0.1) is 0 Å². The standard InChI is InChI=1S/C10H24N2/c1-8(2)10(7-12(5)6)11-9(3)4/h8-11H,7H2,1-6H3. The van der Waals surface area contributed by atoms with E-state index in [1.165, 1.54) is 0 Å². The van der Waals surface area contributed by atoms with Gasteiger partial charge >= 0.3 is 0 Å². The molecule has 2 nitrogen and oxygen atoms in total. The van der Waals surface area contributed by atoms with Crippen LogP contribution in [0.2, 0.25) is 0 Å². The van der Waals surface area contributed by atoms with Gasteiger partial charge in [-0.1, -0.05) is 27.7 Å². The second kappa shape index (κ2) is 5.55. The molecule has 2 heteroatoms. The predicted molar refractivity (Wildman–Crippen MR) is 55.5 cm³/mol. The summed E-state index contributed by atoms with van der Waals surface area (Å²) in [6, 6.07) is 1.19. The Kier molecular flexibility index (Phi) is 5.51. The average Bonchev–Trinajstić information content (AvgIpc) is 1.83. The SMILES string of the molecule is CC(C)NC(CN(C)C)C(C)C. The van der Waals surface area contributed by atoms with Crippen LogP contribution < -0.4 is 5.32 Å². The van der Waals surface area contributed by atoms with Crippen molar-refractivity contribution in [3.63, 3.8) is 0 Å². The fourth-order valence-electron chi connectivity index (χ4n) is 1.28. The minimum Gasteiger partial charge on any atom is -0.310 e. The zero-order chi connectivity index (χ0) is 9.72. The van der Waals surface area contributed by atoms with Crippen molar-refractivity contribution in [2.24, 2.45) is 5.92 Å². The normalized spacial score (nSPS) is 14.8. The number of rotatable bonds is 5. The summed E-state index contributed by atoms with van der Waals surface area (Å²) in [6.07, 6.45) is 0. The highest BCUT2D eigenvalue weighted by atomic mass is 15.1. The van der Waals surface area contributed by atoms with Crippen LogP contribution in [0.4, 0.5) is 0 Å². The molecule has 12 heavy (non-hydrogen) atoms. The average molecular weight is 172 g/mol. The number of nitrogens with one attached hydrogen (secondary N) is 1. The van der Waals surface area contributed by atoms with Crippen LogP contribution in [0.25, 0.3) is 0 Å². The van der Waals surface area contributed by atoms with Gasteiger partial charge in [0.25, 0.3) is 0 Å². The molecule has 0 saturated heterocycles. The van der Waals surface area contributed by atoms with Gasteiger partial charge in [0, 0.05) is 18.6 Å². The largest absolute Gasteiger partial charge is 0.310 e. The Morgan fingerprint density at radius 2 is 1.58 bits per heavy atom. The van der Waals surface area contributed by atoms with Crippen molar-refractivity contribution in [3.05, 3.63) is 0 Å². The molecule has 0 aliphatic rings. The molecule has 0 fully saturated rings. The van der Waals surface area contributed by atoms with Crippen molar-refractivity contribution in [1.29, 1.82) is 0 Å². The van der Waals surface area contributed by atoms with Gasteiger partial charge < -0.3 is 10.2 Å². The Bertz CT molecular complexity index is 98.4. The first-order valence-electron chi connectivity index (χ1n) is 4.84. The minimum atomic E-state index is 0.581. The molecular weight excluding hydrogens is 148 g/mol. The van der Waals surface area contributed by atoms with Gasteiger partial charge in [0.05, 0.1) is 0 Å². The quantitative estimate of drug-likeness (QED) is 0.677. The van der Waals surface area contributed by atoms with Crippen molar-refractivity contribution in [2.45, 2.75) is 39.8 Å². The predicted octanol–water partition coefficient (Wildman–Crippen LogP) is 1.57. The molecule has 1 atom stereocenters. The molecule has 0 aromatic rings. The molecule has 0 heterocycles. The Balaban J connectivity index is 3.87. The lowest BCUT2D eigenvalue weighted by Crippen LogP contribution is -2.45. The summed E-state index contributed by atoms with van der Waals surface area (Å²) < 4.78 is 0. The molecule has 0 aliphatic carbocycles. The maximum atomic E-state index is 3.57. The maximum Gasteiger partial charge on any atom is 0.0220 e. The second-order valence-electron chi connectivity index (χ2n) is 4.43. The zero-order valence-corrected chi connectivity index (χ0v) is 9.39. The highest BCUT2D eigenvalue weighted by molar-refractivity contribution is 4.74. The maximum absolute atomic E-state index is 3.57. The van der Waals surface area contributed by atoms with Crippen LogP contribution in [0.3, 0.4) is 0 Å². The summed E-state index contributed by atoms with van der Waals surface area (Å²) >= 11 is 0. The van der Waals surface area contributed by atoms with Gasteiger partial charge in [0.15, 0.2) is 0 Å². The highest BCUT2D eigenvalue weighted by Gasteiger charge is 2.14. The molecule has 74 valence electrons. The van der Waals surface area contributed by atoms with Crippen molar-refractivity contribution in [1.82, 2.24) is 10.2 Å². The summed E-state index contributed by atoms with van der Waals surface area (Å²) in [5.41, 5.74) is 0. The van der Waals surface area contributed by atoms with E-state index >= 15 is 0 Å². The molecule has 0 aromatic carbocycles. The molecule has 0 aromatic heterocycles. The summed E-state index contributed by atoms with van der Waals surface area (Å²) in [5.74, 6) is 0.704. The van der Waals surface area contributed by atoms with E-state index < -0.39 is 0 Å². The van der Waals surface area contributed by atoms with E-state index in [9.17, 15) is 0 Å². The minimum absolute atomic E-state index is 0.581. The molecule has 0 radical (unpaired) electrons. The molecule has 1 N–H and O–H groups in total. The fourth-order valence-corrected chi connectivity index (χ4v) is 1.28. The Morgan fingerprint density at radius 3 is 1.83 bits per heavy atom. The number of hydrogen-bond donors (Lipinski definition) is 1. The van der Waals surface area contributed by atoms with Crippen LogP contribution in [-0.2, 0) is 0 Å². The Labute approximate surface area is 77.3 Å². The first-order valence-corrected chi connectivity index (χ1v) is 4.84. The highest BCUT2D eigenvalue weighted by Crippen LogP contribution is 2.03. The third-order valence-corrected chi connectivity index (χ3v) is 1.91.